The number of hydrogen-bond donors (Lipinski definition) is 0. The van der Waals surface area contributed by atoms with E-state index in [0.29, 0.717) is 0 Å². The van der Waals surface area contributed by atoms with Crippen molar-refractivity contribution in [3.63, 3.8) is 0 Å². The van der Waals surface area contributed by atoms with E-state index in [1.54, 1.807) is 0 Å². The van der Waals surface area contributed by atoms with Crippen molar-refractivity contribution < 1.29 is 30.7 Å². The summed E-state index contributed by atoms with van der Waals surface area (Å²) in [6.45, 7) is 0. The van der Waals surface area contributed by atoms with Crippen LogP contribution in [0.1, 0.15) is 0 Å². The second-order valence-electron chi connectivity index (χ2n) is 4.31. The fourth-order valence-corrected chi connectivity index (χ4v) is 3.08. The highest BCUT2D eigenvalue weighted by molar-refractivity contribution is 8.00. The third-order valence-corrected chi connectivity index (χ3v) is 4.60. The summed E-state index contributed by atoms with van der Waals surface area (Å²) < 4.78 is 65.5. The normalized spacial score (nSPS) is 12.0. The summed E-state index contributed by atoms with van der Waals surface area (Å²) >= 11 is -0.371. The van der Waals surface area contributed by atoms with E-state index >= 15 is 0 Å². The summed E-state index contributed by atoms with van der Waals surface area (Å²) in [5, 5.41) is 10.5. The molecule has 2 aromatic rings. The average Bonchev–Trinajstić information content (AvgIpc) is 2.46. The Morgan fingerprint density at radius 3 is 2.00 bits per heavy atom. The van der Waals surface area contributed by atoms with Crippen LogP contribution < -0.4 is 4.18 Å². The topological polar surface area (TPSA) is 86.5 Å². The number of nitrogens with zero attached hydrogens (tertiary/aromatic N) is 1. The van der Waals surface area contributed by atoms with E-state index in [4.69, 9.17) is 4.18 Å². The molecule has 0 saturated carbocycles. The van der Waals surface area contributed by atoms with E-state index in [2.05, 4.69) is 0 Å². The molecule has 0 fully saturated rings. The van der Waals surface area contributed by atoms with Gasteiger partial charge in [0.15, 0.2) is 0 Å². The molecular formula is C13H8F3NO5S2. The molecule has 0 radical (unpaired) electrons. The summed E-state index contributed by atoms with van der Waals surface area (Å²) in [6.07, 6.45) is 0. The van der Waals surface area contributed by atoms with E-state index < -0.39 is 20.5 Å². The zero-order valence-electron chi connectivity index (χ0n) is 11.6. The molecule has 0 bridgehead atoms. The van der Waals surface area contributed by atoms with Crippen molar-refractivity contribution in [2.24, 2.45) is 0 Å². The highest BCUT2D eigenvalue weighted by atomic mass is 32.2. The minimum atomic E-state index is -4.48. The number of non-ortho nitro benzene ring substituents is 1. The molecule has 0 unspecified atom stereocenters. The molecule has 11 heteroatoms. The van der Waals surface area contributed by atoms with Crippen molar-refractivity contribution in [1.29, 1.82) is 0 Å². The minimum Gasteiger partial charge on any atom is -0.379 e. The van der Waals surface area contributed by atoms with E-state index in [1.807, 2.05) is 0 Å². The number of thioether (sulfide) groups is 1. The van der Waals surface area contributed by atoms with Gasteiger partial charge in [-0.15, -0.1) is 0 Å². The van der Waals surface area contributed by atoms with E-state index in [-0.39, 0.29) is 33.0 Å². The molecular weight excluding hydrogens is 371 g/mol. The monoisotopic (exact) mass is 379 g/mol. The van der Waals surface area contributed by atoms with Gasteiger partial charge in [-0.3, -0.25) is 10.1 Å². The molecule has 24 heavy (non-hydrogen) atoms. The molecule has 128 valence electrons. The Hall–Kier alpha value is -2.27. The van der Waals surface area contributed by atoms with Crippen molar-refractivity contribution >= 4 is 27.6 Å². The lowest BCUT2D eigenvalue weighted by atomic mass is 10.3. The third kappa shape index (κ3) is 4.86. The van der Waals surface area contributed by atoms with Crippen molar-refractivity contribution in [2.75, 3.05) is 0 Å². The third-order valence-electron chi connectivity index (χ3n) is 2.60. The van der Waals surface area contributed by atoms with Crippen LogP contribution in [0.4, 0.5) is 18.9 Å². The summed E-state index contributed by atoms with van der Waals surface area (Å²) in [5.74, 6) is -0.158. The van der Waals surface area contributed by atoms with Gasteiger partial charge >= 0.3 is 15.6 Å². The van der Waals surface area contributed by atoms with Gasteiger partial charge in [-0.2, -0.15) is 21.6 Å². The smallest absolute Gasteiger partial charge is 0.379 e. The molecule has 2 rings (SSSR count). The number of halogens is 3. The molecule has 0 spiro atoms. The van der Waals surface area contributed by atoms with Crippen molar-refractivity contribution in [3.8, 4) is 5.75 Å². The molecule has 0 aliphatic rings. The van der Waals surface area contributed by atoms with Crippen LogP contribution in [0.25, 0.3) is 0 Å². The summed E-state index contributed by atoms with van der Waals surface area (Å²) in [7, 11) is -4.27. The van der Waals surface area contributed by atoms with Gasteiger partial charge in [0.05, 0.1) is 4.92 Å². The van der Waals surface area contributed by atoms with Gasteiger partial charge in [0.25, 0.3) is 5.69 Å². The molecule has 0 aromatic heterocycles. The van der Waals surface area contributed by atoms with Crippen LogP contribution in [-0.4, -0.2) is 18.8 Å². The molecule has 0 aliphatic heterocycles. The number of benzene rings is 2. The Balaban J connectivity index is 2.16. The Morgan fingerprint density at radius 2 is 1.54 bits per heavy atom. The second-order valence-corrected chi connectivity index (χ2v) is 6.99. The second kappa shape index (κ2) is 6.69. The first kappa shape index (κ1) is 18.1. The largest absolute Gasteiger partial charge is 0.446 e. The molecule has 0 heterocycles. The zero-order valence-corrected chi connectivity index (χ0v) is 13.2. The van der Waals surface area contributed by atoms with Gasteiger partial charge < -0.3 is 4.18 Å². The summed E-state index contributed by atoms with van der Waals surface area (Å²) in [4.78, 5) is 9.35. The van der Waals surface area contributed by atoms with Gasteiger partial charge in [0, 0.05) is 17.0 Å². The van der Waals surface area contributed by atoms with Gasteiger partial charge in [-0.05, 0) is 48.2 Å². The lowest BCUT2D eigenvalue weighted by molar-refractivity contribution is -0.384. The quantitative estimate of drug-likeness (QED) is 0.338. The molecule has 0 N–H and O–H groups in total. The highest BCUT2D eigenvalue weighted by Crippen LogP contribution is 2.37. The van der Waals surface area contributed by atoms with Crippen LogP contribution in [0.2, 0.25) is 0 Å². The fourth-order valence-electron chi connectivity index (χ4n) is 1.61. The van der Waals surface area contributed by atoms with Crippen LogP contribution in [0.3, 0.4) is 0 Å². The van der Waals surface area contributed by atoms with Gasteiger partial charge in [0.1, 0.15) is 10.6 Å². The Labute approximate surface area is 138 Å². The molecule has 0 amide bonds. The SMILES string of the molecule is O=[N+]([O-])c1ccc(OS(=O)(=O)c2ccc(SC(F)(F)F)cc2)cc1. The van der Waals surface area contributed by atoms with Crippen molar-refractivity contribution in [1.82, 2.24) is 0 Å². The first-order chi connectivity index (χ1) is 11.1. The van der Waals surface area contributed by atoms with E-state index in [9.17, 15) is 31.7 Å². The highest BCUT2D eigenvalue weighted by Gasteiger charge is 2.29. The van der Waals surface area contributed by atoms with Gasteiger partial charge in [0.2, 0.25) is 0 Å². The standard InChI is InChI=1S/C13H8F3NO5S2/c14-13(15,16)23-11-5-7-12(8-6-11)24(20,21)22-10-3-1-9(2-4-10)17(18)19/h1-8H. The lowest BCUT2D eigenvalue weighted by Gasteiger charge is -2.08. The Bertz CT molecular complexity index is 833. The zero-order chi connectivity index (χ0) is 18.0. The summed E-state index contributed by atoms with van der Waals surface area (Å²) in [6, 6.07) is 8.30. The predicted octanol–water partition coefficient (Wildman–Crippen LogP) is 3.97. The molecule has 0 atom stereocenters. The molecule has 2 aromatic carbocycles. The maximum Gasteiger partial charge on any atom is 0.446 e. The average molecular weight is 379 g/mol. The van der Waals surface area contributed by atoms with Crippen LogP contribution in [0.15, 0.2) is 58.3 Å². The number of hydrogen-bond acceptors (Lipinski definition) is 6. The first-order valence-corrected chi connectivity index (χ1v) is 8.34. The van der Waals surface area contributed by atoms with E-state index in [1.165, 1.54) is 0 Å². The molecule has 0 aliphatic carbocycles. The van der Waals surface area contributed by atoms with Gasteiger partial charge in [-0.25, -0.2) is 0 Å². The number of nitro groups is 1. The van der Waals surface area contributed by atoms with Crippen molar-refractivity contribution in [2.45, 2.75) is 15.3 Å². The minimum absolute atomic E-state index is 0.158. The number of rotatable bonds is 5. The number of nitro benzene ring substituents is 1. The summed E-state index contributed by atoms with van der Waals surface area (Å²) in [5.41, 5.74) is -4.72. The molecule has 0 saturated heterocycles. The van der Waals surface area contributed by atoms with Gasteiger partial charge in [-0.1, -0.05) is 0 Å². The van der Waals surface area contributed by atoms with Crippen LogP contribution >= 0.6 is 11.8 Å². The molecule has 6 nitrogen and oxygen atoms in total. The fraction of sp³-hybridized carbons (Fsp3) is 0.0769. The Kier molecular flexibility index (Phi) is 5.04. The maximum absolute atomic E-state index is 12.2. The maximum atomic E-state index is 12.2. The first-order valence-electron chi connectivity index (χ1n) is 6.11. The van der Waals surface area contributed by atoms with Crippen LogP contribution in [0, 0.1) is 10.1 Å². The van der Waals surface area contributed by atoms with Crippen molar-refractivity contribution in [3.05, 3.63) is 58.6 Å². The van der Waals surface area contributed by atoms with Crippen LogP contribution in [0.5, 0.6) is 5.75 Å². The lowest BCUT2D eigenvalue weighted by Crippen LogP contribution is -2.09. The predicted molar refractivity (Wildman–Crippen MR) is 79.3 cm³/mol. The van der Waals surface area contributed by atoms with E-state index in [0.717, 1.165) is 48.5 Å². The Morgan fingerprint density at radius 1 is 1.00 bits per heavy atom. The number of alkyl halides is 3. The van der Waals surface area contributed by atoms with Crippen LogP contribution in [-0.2, 0) is 10.1 Å².